The van der Waals surface area contributed by atoms with E-state index in [4.69, 9.17) is 4.74 Å². The van der Waals surface area contributed by atoms with Gasteiger partial charge in [0.2, 0.25) is 5.95 Å². The van der Waals surface area contributed by atoms with Gasteiger partial charge in [-0.2, -0.15) is 15.1 Å². The van der Waals surface area contributed by atoms with E-state index in [1.165, 1.54) is 11.0 Å². The van der Waals surface area contributed by atoms with Gasteiger partial charge in [0.1, 0.15) is 6.33 Å². The lowest BCUT2D eigenvalue weighted by atomic mass is 10.4. The maximum absolute atomic E-state index is 11.2. The molecular formula is C11H14N6O2. The van der Waals surface area contributed by atoms with Crippen molar-refractivity contribution in [1.29, 1.82) is 0 Å². The molecule has 0 unspecified atom stereocenters. The molecule has 19 heavy (non-hydrogen) atoms. The van der Waals surface area contributed by atoms with Crippen LogP contribution in [-0.2, 0) is 9.53 Å². The van der Waals surface area contributed by atoms with Crippen LogP contribution >= 0.6 is 0 Å². The normalized spacial score (nSPS) is 10.2. The van der Waals surface area contributed by atoms with Crippen LogP contribution in [0, 0.1) is 0 Å². The molecule has 2 heterocycles. The highest BCUT2D eigenvalue weighted by Crippen LogP contribution is 2.01. The summed E-state index contributed by atoms with van der Waals surface area (Å²) in [6.07, 6.45) is 5.02. The number of carbonyl (C=O) groups excluding carboxylic acids is 1. The molecule has 2 rings (SSSR count). The number of hydrogen-bond donors (Lipinski definition) is 1. The molecule has 0 amide bonds. The second-order valence-electron chi connectivity index (χ2n) is 3.54. The van der Waals surface area contributed by atoms with Gasteiger partial charge in [0.05, 0.1) is 13.0 Å². The number of ether oxygens (including phenoxy) is 1. The van der Waals surface area contributed by atoms with E-state index in [2.05, 4.69) is 25.4 Å². The van der Waals surface area contributed by atoms with Crippen LogP contribution in [0.1, 0.15) is 13.3 Å². The van der Waals surface area contributed by atoms with Crippen molar-refractivity contribution in [2.45, 2.75) is 13.3 Å². The fourth-order valence-electron chi connectivity index (χ4n) is 1.38. The van der Waals surface area contributed by atoms with Crippen LogP contribution in [0.5, 0.6) is 0 Å². The molecule has 0 aliphatic rings. The van der Waals surface area contributed by atoms with Gasteiger partial charge in [-0.1, -0.05) is 0 Å². The first kappa shape index (κ1) is 12.9. The maximum atomic E-state index is 11.2. The Morgan fingerprint density at radius 1 is 1.47 bits per heavy atom. The average molecular weight is 262 g/mol. The molecule has 0 saturated heterocycles. The molecule has 0 radical (unpaired) electrons. The van der Waals surface area contributed by atoms with Gasteiger partial charge < -0.3 is 10.1 Å². The zero-order valence-electron chi connectivity index (χ0n) is 10.5. The van der Waals surface area contributed by atoms with Crippen molar-refractivity contribution >= 4 is 11.9 Å². The van der Waals surface area contributed by atoms with Crippen LogP contribution < -0.4 is 5.32 Å². The van der Waals surface area contributed by atoms with Crippen LogP contribution in [0.2, 0.25) is 0 Å². The number of nitrogens with zero attached hydrogens (tertiary/aromatic N) is 5. The summed E-state index contributed by atoms with van der Waals surface area (Å²) in [5.41, 5.74) is 0. The monoisotopic (exact) mass is 262 g/mol. The Balaban J connectivity index is 1.91. The van der Waals surface area contributed by atoms with Gasteiger partial charge in [0, 0.05) is 18.9 Å². The Bertz CT molecular complexity index is 528. The summed E-state index contributed by atoms with van der Waals surface area (Å²) < 4.78 is 6.34. The Kier molecular flexibility index (Phi) is 4.38. The van der Waals surface area contributed by atoms with Crippen LogP contribution in [0.25, 0.3) is 5.95 Å². The highest BCUT2D eigenvalue weighted by Gasteiger charge is 2.04. The van der Waals surface area contributed by atoms with E-state index in [0.717, 1.165) is 0 Å². The van der Waals surface area contributed by atoms with E-state index in [0.29, 0.717) is 25.0 Å². The SMILES string of the molecule is CCOC(=O)CCNc1ncnc(-n2cccn2)n1. The minimum absolute atomic E-state index is 0.253. The molecular weight excluding hydrogens is 248 g/mol. The topological polar surface area (TPSA) is 94.8 Å². The molecule has 2 aromatic rings. The number of carbonyl (C=O) groups is 1. The summed E-state index contributed by atoms with van der Waals surface area (Å²) >= 11 is 0. The molecule has 0 aromatic carbocycles. The lowest BCUT2D eigenvalue weighted by Gasteiger charge is -2.05. The van der Waals surface area contributed by atoms with E-state index < -0.39 is 0 Å². The average Bonchev–Trinajstić information content (AvgIpc) is 2.93. The number of rotatable bonds is 6. The van der Waals surface area contributed by atoms with Crippen LogP contribution in [0.3, 0.4) is 0 Å². The highest BCUT2D eigenvalue weighted by atomic mass is 16.5. The first-order chi connectivity index (χ1) is 9.29. The van der Waals surface area contributed by atoms with Gasteiger partial charge in [-0.3, -0.25) is 4.79 Å². The molecule has 2 aromatic heterocycles. The molecule has 0 atom stereocenters. The minimum Gasteiger partial charge on any atom is -0.466 e. The zero-order valence-corrected chi connectivity index (χ0v) is 10.5. The van der Waals surface area contributed by atoms with Gasteiger partial charge in [-0.15, -0.1) is 0 Å². The zero-order chi connectivity index (χ0) is 13.5. The number of aromatic nitrogens is 5. The molecule has 100 valence electrons. The summed E-state index contributed by atoms with van der Waals surface area (Å²) in [4.78, 5) is 23.3. The van der Waals surface area contributed by atoms with Gasteiger partial charge >= 0.3 is 5.97 Å². The minimum atomic E-state index is -0.253. The Labute approximate surface area is 109 Å². The third kappa shape index (κ3) is 3.73. The Hall–Kier alpha value is -2.51. The molecule has 1 N–H and O–H groups in total. The number of hydrogen-bond acceptors (Lipinski definition) is 7. The van der Waals surface area contributed by atoms with Crippen LogP contribution in [0.15, 0.2) is 24.8 Å². The second kappa shape index (κ2) is 6.43. The Morgan fingerprint density at radius 3 is 3.11 bits per heavy atom. The molecule has 0 aliphatic carbocycles. The third-order valence-corrected chi connectivity index (χ3v) is 2.19. The molecule has 8 heteroatoms. The maximum Gasteiger partial charge on any atom is 0.307 e. The first-order valence-corrected chi connectivity index (χ1v) is 5.88. The van der Waals surface area contributed by atoms with Crippen molar-refractivity contribution in [3.63, 3.8) is 0 Å². The smallest absolute Gasteiger partial charge is 0.307 e. The summed E-state index contributed by atoms with van der Waals surface area (Å²) in [5, 5.41) is 6.95. The molecule has 0 fully saturated rings. The molecule has 0 bridgehead atoms. The van der Waals surface area contributed by atoms with Crippen molar-refractivity contribution in [3.8, 4) is 5.95 Å². The highest BCUT2D eigenvalue weighted by molar-refractivity contribution is 5.69. The second-order valence-corrected chi connectivity index (χ2v) is 3.54. The third-order valence-electron chi connectivity index (χ3n) is 2.19. The largest absolute Gasteiger partial charge is 0.466 e. The van der Waals surface area contributed by atoms with Gasteiger partial charge in [-0.05, 0) is 13.0 Å². The summed E-state index contributed by atoms with van der Waals surface area (Å²) in [5.74, 6) is 0.555. The predicted molar refractivity (Wildman–Crippen MR) is 66.7 cm³/mol. The standard InChI is InChI=1S/C11H14N6O2/c1-2-19-9(18)4-6-12-10-13-8-14-11(16-10)17-7-3-5-15-17/h3,5,7-8H,2,4,6H2,1H3,(H,12,13,14,16). The summed E-state index contributed by atoms with van der Waals surface area (Å²) in [6.45, 7) is 2.56. The first-order valence-electron chi connectivity index (χ1n) is 5.88. The van der Waals surface area contributed by atoms with E-state index in [1.54, 1.807) is 25.4 Å². The lowest BCUT2D eigenvalue weighted by Crippen LogP contribution is -2.14. The van der Waals surface area contributed by atoms with Gasteiger partial charge in [-0.25, -0.2) is 9.67 Å². The van der Waals surface area contributed by atoms with E-state index in [1.807, 2.05) is 0 Å². The van der Waals surface area contributed by atoms with E-state index >= 15 is 0 Å². The van der Waals surface area contributed by atoms with E-state index in [-0.39, 0.29) is 12.4 Å². The van der Waals surface area contributed by atoms with Crippen LogP contribution in [-0.4, -0.2) is 43.9 Å². The predicted octanol–water partition coefficient (Wildman–Crippen LogP) is 0.422. The Morgan fingerprint density at radius 2 is 2.37 bits per heavy atom. The molecule has 0 spiro atoms. The van der Waals surface area contributed by atoms with E-state index in [9.17, 15) is 4.79 Å². The van der Waals surface area contributed by atoms with Crippen molar-refractivity contribution in [2.24, 2.45) is 0 Å². The summed E-state index contributed by atoms with van der Waals surface area (Å²) in [6, 6.07) is 1.78. The number of esters is 1. The number of nitrogens with one attached hydrogen (secondary N) is 1. The van der Waals surface area contributed by atoms with Gasteiger partial charge in [0.15, 0.2) is 0 Å². The molecule has 8 nitrogen and oxygen atoms in total. The molecule has 0 saturated carbocycles. The van der Waals surface area contributed by atoms with Crippen molar-refractivity contribution in [2.75, 3.05) is 18.5 Å². The van der Waals surface area contributed by atoms with Crippen molar-refractivity contribution in [1.82, 2.24) is 24.7 Å². The van der Waals surface area contributed by atoms with Crippen molar-refractivity contribution in [3.05, 3.63) is 24.8 Å². The summed E-state index contributed by atoms with van der Waals surface area (Å²) in [7, 11) is 0. The van der Waals surface area contributed by atoms with Gasteiger partial charge in [0.25, 0.3) is 5.95 Å². The molecule has 0 aliphatic heterocycles. The fraction of sp³-hybridized carbons (Fsp3) is 0.364. The lowest BCUT2D eigenvalue weighted by molar-refractivity contribution is -0.142. The van der Waals surface area contributed by atoms with Crippen molar-refractivity contribution < 1.29 is 9.53 Å². The quantitative estimate of drug-likeness (QED) is 0.754. The fourth-order valence-corrected chi connectivity index (χ4v) is 1.38. The number of anilines is 1. The van der Waals surface area contributed by atoms with Crippen LogP contribution in [0.4, 0.5) is 5.95 Å².